The van der Waals surface area contributed by atoms with Gasteiger partial charge in [0.05, 0.1) is 21.9 Å². The molecule has 4 rings (SSSR count). The number of nitrogens with zero attached hydrogens (tertiary/aromatic N) is 3. The quantitative estimate of drug-likeness (QED) is 0.177. The van der Waals surface area contributed by atoms with Crippen molar-refractivity contribution in [3.8, 4) is 28.5 Å². The lowest BCUT2D eigenvalue weighted by Gasteiger charge is -2.13. The van der Waals surface area contributed by atoms with Crippen molar-refractivity contribution in [1.29, 1.82) is 5.26 Å². The number of hydrogen-bond donors (Lipinski definition) is 1. The molecule has 7 nitrogen and oxygen atoms in total. The van der Waals surface area contributed by atoms with Crippen LogP contribution in [0.3, 0.4) is 0 Å². The number of non-ortho nitro benzene ring substituents is 1. The zero-order valence-electron chi connectivity index (χ0n) is 19.7. The van der Waals surface area contributed by atoms with Gasteiger partial charge >= 0.3 is 0 Å². The smallest absolute Gasteiger partial charge is 0.269 e. The largest absolute Gasteiger partial charge is 0.325 e. The van der Waals surface area contributed by atoms with E-state index in [2.05, 4.69) is 11.4 Å². The number of aryl methyl sites for hydroxylation is 2. The third-order valence-corrected chi connectivity index (χ3v) is 6.54. The molecule has 0 aliphatic heterocycles. The van der Waals surface area contributed by atoms with E-state index in [0.717, 1.165) is 22.3 Å². The highest BCUT2D eigenvalue weighted by Crippen LogP contribution is 2.34. The lowest BCUT2D eigenvalue weighted by atomic mass is 9.99. The van der Waals surface area contributed by atoms with Crippen molar-refractivity contribution in [2.75, 3.05) is 11.1 Å². The Morgan fingerprint density at radius 1 is 1.03 bits per heavy atom. The van der Waals surface area contributed by atoms with Crippen LogP contribution in [0.25, 0.3) is 22.4 Å². The minimum Gasteiger partial charge on any atom is -0.325 e. The lowest BCUT2D eigenvalue weighted by molar-refractivity contribution is -0.384. The van der Waals surface area contributed by atoms with Crippen LogP contribution < -0.4 is 5.32 Å². The van der Waals surface area contributed by atoms with Crippen molar-refractivity contribution in [3.63, 3.8) is 0 Å². The Kier molecular flexibility index (Phi) is 7.42. The molecule has 8 heteroatoms. The number of pyridine rings is 1. The van der Waals surface area contributed by atoms with Gasteiger partial charge in [0, 0.05) is 28.9 Å². The van der Waals surface area contributed by atoms with E-state index >= 15 is 0 Å². The van der Waals surface area contributed by atoms with Crippen LogP contribution in [-0.2, 0) is 4.79 Å². The molecule has 1 amide bonds. The van der Waals surface area contributed by atoms with E-state index in [0.29, 0.717) is 27.5 Å². The monoisotopic (exact) mass is 494 g/mol. The van der Waals surface area contributed by atoms with Gasteiger partial charge in [0.2, 0.25) is 5.91 Å². The number of rotatable bonds is 7. The average molecular weight is 495 g/mol. The van der Waals surface area contributed by atoms with Gasteiger partial charge in [-0.3, -0.25) is 14.9 Å². The molecule has 0 spiro atoms. The first-order valence-corrected chi connectivity index (χ1v) is 12.1. The Balaban J connectivity index is 1.64. The number of hydrogen-bond acceptors (Lipinski definition) is 6. The molecule has 0 saturated carbocycles. The zero-order valence-corrected chi connectivity index (χ0v) is 20.5. The van der Waals surface area contributed by atoms with Crippen LogP contribution in [0, 0.1) is 35.3 Å². The van der Waals surface area contributed by atoms with Crippen LogP contribution in [0.4, 0.5) is 11.4 Å². The summed E-state index contributed by atoms with van der Waals surface area (Å²) in [7, 11) is 0. The van der Waals surface area contributed by atoms with E-state index in [1.807, 2.05) is 67.6 Å². The second kappa shape index (κ2) is 10.8. The fourth-order valence-corrected chi connectivity index (χ4v) is 4.48. The standard InChI is InChI=1S/C28H22N4O3S/c1-18-8-10-21(11-9-18)26-15-23(20-6-4-3-5-7-20)24(16-29)28(31-26)36-17-27(33)30-25-13-12-22(32(34)35)14-19(25)2/h3-15H,17H2,1-2H3,(H,30,33). The highest BCUT2D eigenvalue weighted by molar-refractivity contribution is 8.00. The number of thioether (sulfide) groups is 1. The van der Waals surface area contributed by atoms with Gasteiger partial charge in [0.25, 0.3) is 5.69 Å². The van der Waals surface area contributed by atoms with E-state index < -0.39 is 4.92 Å². The predicted molar refractivity (Wildman–Crippen MR) is 142 cm³/mol. The minimum absolute atomic E-state index is 0.0175. The Morgan fingerprint density at radius 3 is 2.39 bits per heavy atom. The minimum atomic E-state index is -0.477. The number of nitriles is 1. The van der Waals surface area contributed by atoms with Crippen LogP contribution in [-0.4, -0.2) is 21.6 Å². The number of carbonyl (C=O) groups is 1. The summed E-state index contributed by atoms with van der Waals surface area (Å²) in [6.07, 6.45) is 0. The molecule has 0 bridgehead atoms. The van der Waals surface area contributed by atoms with E-state index in [1.165, 1.54) is 30.0 Å². The number of nitro benzene ring substituents is 1. The number of aromatic nitrogens is 1. The molecule has 0 fully saturated rings. The highest BCUT2D eigenvalue weighted by atomic mass is 32.2. The summed E-state index contributed by atoms with van der Waals surface area (Å²) < 4.78 is 0. The number of carbonyl (C=O) groups excluding carboxylic acids is 1. The van der Waals surface area contributed by atoms with E-state index in [9.17, 15) is 20.2 Å². The molecule has 178 valence electrons. The van der Waals surface area contributed by atoms with Gasteiger partial charge in [0.15, 0.2) is 0 Å². The van der Waals surface area contributed by atoms with Crippen molar-refractivity contribution in [1.82, 2.24) is 4.98 Å². The molecule has 4 aromatic rings. The van der Waals surface area contributed by atoms with Gasteiger partial charge in [0.1, 0.15) is 11.1 Å². The van der Waals surface area contributed by atoms with Crippen LogP contribution in [0.2, 0.25) is 0 Å². The first-order valence-electron chi connectivity index (χ1n) is 11.1. The van der Waals surface area contributed by atoms with Gasteiger partial charge in [-0.2, -0.15) is 5.26 Å². The van der Waals surface area contributed by atoms with Gasteiger partial charge in [-0.1, -0.05) is 71.9 Å². The van der Waals surface area contributed by atoms with E-state index in [1.54, 1.807) is 6.92 Å². The topological polar surface area (TPSA) is 109 Å². The summed E-state index contributed by atoms with van der Waals surface area (Å²) in [6, 6.07) is 26.0. The maximum Gasteiger partial charge on any atom is 0.269 e. The molecule has 1 heterocycles. The Hall–Kier alpha value is -4.48. The SMILES string of the molecule is Cc1ccc(-c2cc(-c3ccccc3)c(C#N)c(SCC(=O)Nc3ccc([N+](=O)[O-])cc3C)n2)cc1. The number of benzene rings is 3. The van der Waals surface area contributed by atoms with Gasteiger partial charge in [-0.15, -0.1) is 0 Å². The Labute approximate surface area is 213 Å². The Bertz CT molecular complexity index is 1480. The number of nitrogens with one attached hydrogen (secondary N) is 1. The molecule has 0 atom stereocenters. The molecule has 1 N–H and O–H groups in total. The predicted octanol–water partition coefficient (Wildman–Crippen LogP) is 6.54. The average Bonchev–Trinajstić information content (AvgIpc) is 2.89. The molecule has 3 aromatic carbocycles. The molecule has 0 aliphatic carbocycles. The summed E-state index contributed by atoms with van der Waals surface area (Å²) in [6.45, 7) is 3.71. The molecular formula is C28H22N4O3S. The maximum atomic E-state index is 12.7. The summed E-state index contributed by atoms with van der Waals surface area (Å²) in [5, 5.41) is 24.2. The van der Waals surface area contributed by atoms with Gasteiger partial charge in [-0.25, -0.2) is 4.98 Å². The van der Waals surface area contributed by atoms with Crippen molar-refractivity contribution in [2.24, 2.45) is 0 Å². The van der Waals surface area contributed by atoms with Gasteiger partial charge in [-0.05, 0) is 37.1 Å². The maximum absolute atomic E-state index is 12.7. The fourth-order valence-electron chi connectivity index (χ4n) is 3.67. The summed E-state index contributed by atoms with van der Waals surface area (Å²) in [5.41, 5.74) is 5.84. The van der Waals surface area contributed by atoms with Crippen molar-refractivity contribution in [3.05, 3.63) is 106 Å². The van der Waals surface area contributed by atoms with Gasteiger partial charge < -0.3 is 5.32 Å². The number of amides is 1. The summed E-state index contributed by atoms with van der Waals surface area (Å²) >= 11 is 1.18. The second-order valence-corrected chi connectivity index (χ2v) is 9.14. The molecule has 0 saturated heterocycles. The molecule has 36 heavy (non-hydrogen) atoms. The van der Waals surface area contributed by atoms with Crippen molar-refractivity contribution < 1.29 is 9.72 Å². The third kappa shape index (κ3) is 5.59. The number of anilines is 1. The molecule has 0 unspecified atom stereocenters. The Morgan fingerprint density at radius 2 is 1.75 bits per heavy atom. The first kappa shape index (κ1) is 24.6. The molecule has 1 aromatic heterocycles. The normalized spacial score (nSPS) is 10.5. The van der Waals surface area contributed by atoms with E-state index in [-0.39, 0.29) is 17.3 Å². The lowest BCUT2D eigenvalue weighted by Crippen LogP contribution is -2.15. The highest BCUT2D eigenvalue weighted by Gasteiger charge is 2.18. The van der Waals surface area contributed by atoms with Crippen LogP contribution in [0.15, 0.2) is 83.9 Å². The molecule has 0 aliphatic rings. The van der Waals surface area contributed by atoms with Crippen molar-refractivity contribution in [2.45, 2.75) is 18.9 Å². The zero-order chi connectivity index (χ0) is 25.7. The molecule has 0 radical (unpaired) electrons. The van der Waals surface area contributed by atoms with Crippen molar-refractivity contribution >= 4 is 29.0 Å². The third-order valence-electron chi connectivity index (χ3n) is 5.57. The summed E-state index contributed by atoms with van der Waals surface area (Å²) in [4.78, 5) is 28.0. The van der Waals surface area contributed by atoms with E-state index in [4.69, 9.17) is 4.98 Å². The first-order chi connectivity index (χ1) is 17.4. The second-order valence-electron chi connectivity index (χ2n) is 8.17. The van der Waals surface area contributed by atoms with Crippen LogP contribution in [0.5, 0.6) is 0 Å². The summed E-state index contributed by atoms with van der Waals surface area (Å²) in [5.74, 6) is -0.284. The molecular weight excluding hydrogens is 472 g/mol. The number of nitro groups is 1. The van der Waals surface area contributed by atoms with Crippen LogP contribution >= 0.6 is 11.8 Å². The van der Waals surface area contributed by atoms with Crippen LogP contribution in [0.1, 0.15) is 16.7 Å². The fraction of sp³-hybridized carbons (Fsp3) is 0.107.